The monoisotopic (exact) mass is 264 g/mol. The lowest BCUT2D eigenvalue weighted by Gasteiger charge is -2.30. The Labute approximate surface area is 113 Å². The molecule has 0 aliphatic carbocycles. The Kier molecular flexibility index (Phi) is 3.99. The first-order chi connectivity index (χ1) is 9.34. The summed E-state index contributed by atoms with van der Waals surface area (Å²) in [6, 6.07) is 6.01. The van der Waals surface area contributed by atoms with Crippen molar-refractivity contribution < 1.29 is 9.13 Å². The van der Waals surface area contributed by atoms with Crippen LogP contribution in [0.1, 0.15) is 30.9 Å². The summed E-state index contributed by atoms with van der Waals surface area (Å²) in [5.74, 6) is -0.105. The summed E-state index contributed by atoms with van der Waals surface area (Å²) >= 11 is 0. The van der Waals surface area contributed by atoms with Gasteiger partial charge < -0.3 is 15.0 Å². The van der Waals surface area contributed by atoms with Crippen molar-refractivity contribution in [2.45, 2.75) is 25.3 Å². The third-order valence-electron chi connectivity index (χ3n) is 4.04. The predicted molar refractivity (Wildman–Crippen MR) is 74.0 cm³/mol. The molecule has 2 aliphatic rings. The summed E-state index contributed by atoms with van der Waals surface area (Å²) in [4.78, 5) is 2.07. The van der Waals surface area contributed by atoms with Crippen molar-refractivity contribution in [1.29, 1.82) is 0 Å². The Bertz CT molecular complexity index is 426. The van der Waals surface area contributed by atoms with Gasteiger partial charge in [0.05, 0.1) is 18.9 Å². The number of nitrogens with zero attached hydrogens (tertiary/aromatic N) is 1. The third-order valence-corrected chi connectivity index (χ3v) is 4.04. The summed E-state index contributed by atoms with van der Waals surface area (Å²) in [7, 11) is 0. The number of benzene rings is 1. The molecular formula is C15H21FN2O. The van der Waals surface area contributed by atoms with Gasteiger partial charge >= 0.3 is 0 Å². The van der Waals surface area contributed by atoms with Crippen molar-refractivity contribution in [3.8, 4) is 0 Å². The second-order valence-corrected chi connectivity index (χ2v) is 5.31. The van der Waals surface area contributed by atoms with E-state index in [1.807, 2.05) is 6.07 Å². The highest BCUT2D eigenvalue weighted by Gasteiger charge is 2.19. The molecule has 1 atom stereocenters. The average Bonchev–Trinajstić information content (AvgIpc) is 2.49. The van der Waals surface area contributed by atoms with E-state index in [-0.39, 0.29) is 5.82 Å². The second kappa shape index (κ2) is 5.88. The normalized spacial score (nSPS) is 24.5. The molecule has 2 heterocycles. The van der Waals surface area contributed by atoms with E-state index in [4.69, 9.17) is 4.74 Å². The molecule has 0 aromatic heterocycles. The molecule has 0 bridgehead atoms. The van der Waals surface area contributed by atoms with E-state index < -0.39 is 0 Å². The number of anilines is 1. The van der Waals surface area contributed by atoms with Gasteiger partial charge in [-0.3, -0.25) is 0 Å². The van der Waals surface area contributed by atoms with Crippen LogP contribution in [0.15, 0.2) is 18.2 Å². The standard InChI is InChI=1S/C15H21FN2O/c16-13-11-12(14-3-1-2-6-17-14)4-5-15(13)18-7-9-19-10-8-18/h4-5,11,14,17H,1-3,6-10H2. The maximum absolute atomic E-state index is 14.3. The number of morpholine rings is 1. The van der Waals surface area contributed by atoms with Gasteiger partial charge in [0.2, 0.25) is 0 Å². The number of ether oxygens (including phenoxy) is 1. The smallest absolute Gasteiger partial charge is 0.146 e. The highest BCUT2D eigenvalue weighted by Crippen LogP contribution is 2.28. The molecule has 3 rings (SSSR count). The molecule has 0 saturated carbocycles. The van der Waals surface area contributed by atoms with E-state index >= 15 is 0 Å². The molecule has 0 amide bonds. The molecule has 0 spiro atoms. The zero-order valence-corrected chi connectivity index (χ0v) is 11.2. The van der Waals surface area contributed by atoms with Gasteiger partial charge in [-0.05, 0) is 37.1 Å². The van der Waals surface area contributed by atoms with Gasteiger partial charge in [-0.1, -0.05) is 12.5 Å². The first kappa shape index (κ1) is 12.9. The van der Waals surface area contributed by atoms with Crippen molar-refractivity contribution in [3.05, 3.63) is 29.6 Å². The van der Waals surface area contributed by atoms with Crippen LogP contribution in [0.5, 0.6) is 0 Å². The predicted octanol–water partition coefficient (Wildman–Crippen LogP) is 2.48. The Morgan fingerprint density at radius 2 is 2.05 bits per heavy atom. The number of hydrogen-bond donors (Lipinski definition) is 1. The number of rotatable bonds is 2. The molecule has 2 fully saturated rings. The zero-order chi connectivity index (χ0) is 13.1. The van der Waals surface area contributed by atoms with Crippen LogP contribution in [-0.2, 0) is 4.74 Å². The van der Waals surface area contributed by atoms with E-state index in [0.717, 1.165) is 31.6 Å². The van der Waals surface area contributed by atoms with E-state index in [1.54, 1.807) is 6.07 Å². The molecule has 104 valence electrons. The zero-order valence-electron chi connectivity index (χ0n) is 11.2. The highest BCUT2D eigenvalue weighted by molar-refractivity contribution is 5.50. The minimum atomic E-state index is -0.105. The lowest BCUT2D eigenvalue weighted by molar-refractivity contribution is 0.122. The van der Waals surface area contributed by atoms with Crippen LogP contribution in [0.3, 0.4) is 0 Å². The summed E-state index contributed by atoms with van der Waals surface area (Å²) in [5.41, 5.74) is 1.79. The Morgan fingerprint density at radius 3 is 2.74 bits per heavy atom. The van der Waals surface area contributed by atoms with Crippen LogP contribution in [0.4, 0.5) is 10.1 Å². The van der Waals surface area contributed by atoms with Crippen LogP contribution >= 0.6 is 0 Å². The van der Waals surface area contributed by atoms with Crippen LogP contribution in [0.25, 0.3) is 0 Å². The molecule has 3 nitrogen and oxygen atoms in total. The molecular weight excluding hydrogens is 243 g/mol. The van der Waals surface area contributed by atoms with Crippen LogP contribution in [-0.4, -0.2) is 32.8 Å². The van der Waals surface area contributed by atoms with Gasteiger partial charge in [-0.25, -0.2) is 4.39 Å². The van der Waals surface area contributed by atoms with Crippen molar-refractivity contribution >= 4 is 5.69 Å². The van der Waals surface area contributed by atoms with Crippen LogP contribution < -0.4 is 10.2 Å². The van der Waals surface area contributed by atoms with Crippen molar-refractivity contribution in [2.24, 2.45) is 0 Å². The lowest BCUT2D eigenvalue weighted by Crippen LogP contribution is -2.36. The van der Waals surface area contributed by atoms with Gasteiger partial charge in [0, 0.05) is 19.1 Å². The molecule has 1 aromatic carbocycles. The SMILES string of the molecule is Fc1cc(C2CCCCN2)ccc1N1CCOCC1. The van der Waals surface area contributed by atoms with Gasteiger partial charge in [0.15, 0.2) is 0 Å². The van der Waals surface area contributed by atoms with Crippen molar-refractivity contribution in [2.75, 3.05) is 37.7 Å². The van der Waals surface area contributed by atoms with Gasteiger partial charge in [0.1, 0.15) is 5.82 Å². The second-order valence-electron chi connectivity index (χ2n) is 5.31. The number of halogens is 1. The lowest BCUT2D eigenvalue weighted by atomic mass is 9.97. The minimum absolute atomic E-state index is 0.105. The van der Waals surface area contributed by atoms with E-state index in [1.165, 1.54) is 12.8 Å². The fourth-order valence-electron chi connectivity index (χ4n) is 2.94. The summed E-state index contributed by atoms with van der Waals surface area (Å²) < 4.78 is 19.6. The molecule has 2 saturated heterocycles. The van der Waals surface area contributed by atoms with Gasteiger partial charge in [-0.2, -0.15) is 0 Å². The molecule has 4 heteroatoms. The fraction of sp³-hybridized carbons (Fsp3) is 0.600. The number of piperidine rings is 1. The molecule has 19 heavy (non-hydrogen) atoms. The average molecular weight is 264 g/mol. The maximum Gasteiger partial charge on any atom is 0.146 e. The summed E-state index contributed by atoms with van der Waals surface area (Å²) in [6.07, 6.45) is 3.56. The fourth-order valence-corrected chi connectivity index (χ4v) is 2.94. The summed E-state index contributed by atoms with van der Waals surface area (Å²) in [6.45, 7) is 3.96. The quantitative estimate of drug-likeness (QED) is 0.888. The van der Waals surface area contributed by atoms with E-state index in [0.29, 0.717) is 24.9 Å². The topological polar surface area (TPSA) is 24.5 Å². The number of nitrogens with one attached hydrogen (secondary N) is 1. The van der Waals surface area contributed by atoms with E-state index in [9.17, 15) is 4.39 Å². The highest BCUT2D eigenvalue weighted by atomic mass is 19.1. The molecule has 1 N–H and O–H groups in total. The Balaban J connectivity index is 1.76. The van der Waals surface area contributed by atoms with Gasteiger partial charge in [0.25, 0.3) is 0 Å². The first-order valence-electron chi connectivity index (χ1n) is 7.20. The Hall–Kier alpha value is -1.13. The van der Waals surface area contributed by atoms with E-state index in [2.05, 4.69) is 16.3 Å². The van der Waals surface area contributed by atoms with Gasteiger partial charge in [-0.15, -0.1) is 0 Å². The maximum atomic E-state index is 14.3. The minimum Gasteiger partial charge on any atom is -0.378 e. The summed E-state index contributed by atoms with van der Waals surface area (Å²) in [5, 5.41) is 3.46. The first-order valence-corrected chi connectivity index (χ1v) is 7.20. The third kappa shape index (κ3) is 2.90. The van der Waals surface area contributed by atoms with Crippen molar-refractivity contribution in [3.63, 3.8) is 0 Å². The molecule has 1 aromatic rings. The molecule has 1 unspecified atom stereocenters. The van der Waals surface area contributed by atoms with Crippen molar-refractivity contribution in [1.82, 2.24) is 5.32 Å². The number of hydrogen-bond acceptors (Lipinski definition) is 3. The molecule has 2 aliphatic heterocycles. The molecule has 0 radical (unpaired) electrons. The largest absolute Gasteiger partial charge is 0.378 e. The van der Waals surface area contributed by atoms with Crippen LogP contribution in [0, 0.1) is 5.82 Å². The van der Waals surface area contributed by atoms with Crippen LogP contribution in [0.2, 0.25) is 0 Å². The Morgan fingerprint density at radius 1 is 1.21 bits per heavy atom.